The molecule has 140 valence electrons. The molecule has 3 heterocycles. The lowest BCUT2D eigenvalue weighted by atomic mass is 10.0. The molecule has 6 nitrogen and oxygen atoms in total. The average Bonchev–Trinajstić information content (AvgIpc) is 3.32. The lowest BCUT2D eigenvalue weighted by molar-refractivity contribution is -0.132. The maximum Gasteiger partial charge on any atom is 0.224 e. The number of aromatic nitrogens is 3. The number of nitrogens with zero attached hydrogens (tertiary/aromatic N) is 4. The number of hydrogen-bond donors (Lipinski definition) is 0. The number of halogens is 1. The molecule has 1 amide bonds. The summed E-state index contributed by atoms with van der Waals surface area (Å²) in [6.07, 6.45) is 5.48. The number of carbonyl (C=O) groups excluding carboxylic acids is 1. The molecular formula is C20H21FN4O2. The van der Waals surface area contributed by atoms with Crippen LogP contribution in [0.15, 0.2) is 41.2 Å². The molecule has 4 rings (SSSR count). The Hall–Kier alpha value is -2.96. The van der Waals surface area contributed by atoms with Crippen LogP contribution >= 0.6 is 0 Å². The fourth-order valence-electron chi connectivity index (χ4n) is 3.52. The molecule has 27 heavy (non-hydrogen) atoms. The third-order valence-corrected chi connectivity index (χ3v) is 4.99. The van der Waals surface area contributed by atoms with E-state index < -0.39 is 0 Å². The Balaban J connectivity index is 1.49. The second-order valence-corrected chi connectivity index (χ2v) is 6.62. The van der Waals surface area contributed by atoms with Crippen molar-refractivity contribution in [3.8, 4) is 11.3 Å². The van der Waals surface area contributed by atoms with Gasteiger partial charge in [0, 0.05) is 55.9 Å². The minimum atomic E-state index is -0.343. The molecule has 2 aromatic heterocycles. The van der Waals surface area contributed by atoms with Crippen LogP contribution < -0.4 is 0 Å². The SMILES string of the molecule is CCc1nccn1CCC(=O)N1CCc2onc(-c3ccccc3F)c2C1. The molecule has 0 radical (unpaired) electrons. The maximum atomic E-state index is 14.2. The number of amides is 1. The lowest BCUT2D eigenvalue weighted by Crippen LogP contribution is -2.36. The average molecular weight is 368 g/mol. The van der Waals surface area contributed by atoms with Crippen LogP contribution in [0.25, 0.3) is 11.3 Å². The summed E-state index contributed by atoms with van der Waals surface area (Å²) in [6.45, 7) is 3.63. The van der Waals surface area contributed by atoms with Gasteiger partial charge in [0.1, 0.15) is 23.1 Å². The smallest absolute Gasteiger partial charge is 0.224 e. The predicted molar refractivity (Wildman–Crippen MR) is 97.2 cm³/mol. The molecule has 0 atom stereocenters. The van der Waals surface area contributed by atoms with E-state index in [4.69, 9.17) is 4.52 Å². The summed E-state index contributed by atoms with van der Waals surface area (Å²) in [5.74, 6) is 1.44. The van der Waals surface area contributed by atoms with Gasteiger partial charge in [0.2, 0.25) is 5.91 Å². The van der Waals surface area contributed by atoms with Gasteiger partial charge >= 0.3 is 0 Å². The van der Waals surface area contributed by atoms with Gasteiger partial charge in [0.25, 0.3) is 0 Å². The number of imidazole rings is 1. The molecule has 0 aliphatic carbocycles. The second kappa shape index (κ2) is 7.34. The maximum absolute atomic E-state index is 14.2. The van der Waals surface area contributed by atoms with E-state index in [1.807, 2.05) is 17.7 Å². The quantitative estimate of drug-likeness (QED) is 0.694. The zero-order valence-electron chi connectivity index (χ0n) is 15.2. The molecule has 1 aromatic carbocycles. The highest BCUT2D eigenvalue weighted by atomic mass is 19.1. The Morgan fingerprint density at radius 2 is 2.19 bits per heavy atom. The van der Waals surface area contributed by atoms with Gasteiger partial charge in [-0.2, -0.15) is 0 Å². The third kappa shape index (κ3) is 3.37. The summed E-state index contributed by atoms with van der Waals surface area (Å²) in [5.41, 5.74) is 1.70. The van der Waals surface area contributed by atoms with Crippen molar-refractivity contribution in [3.05, 3.63) is 59.6 Å². The van der Waals surface area contributed by atoms with Crippen LogP contribution in [0.3, 0.4) is 0 Å². The fourth-order valence-corrected chi connectivity index (χ4v) is 3.52. The van der Waals surface area contributed by atoms with E-state index in [9.17, 15) is 9.18 Å². The van der Waals surface area contributed by atoms with E-state index in [0.29, 0.717) is 43.7 Å². The summed E-state index contributed by atoms with van der Waals surface area (Å²) < 4.78 is 21.6. The summed E-state index contributed by atoms with van der Waals surface area (Å²) >= 11 is 0. The summed E-state index contributed by atoms with van der Waals surface area (Å²) in [5, 5.41) is 4.07. The Kier molecular flexibility index (Phi) is 4.75. The van der Waals surface area contributed by atoms with E-state index in [0.717, 1.165) is 23.6 Å². The fraction of sp³-hybridized carbons (Fsp3) is 0.350. The zero-order chi connectivity index (χ0) is 18.8. The first kappa shape index (κ1) is 17.5. The van der Waals surface area contributed by atoms with Gasteiger partial charge in [0.05, 0.1) is 6.54 Å². The highest BCUT2D eigenvalue weighted by molar-refractivity contribution is 5.77. The van der Waals surface area contributed by atoms with Crippen LogP contribution in [0.5, 0.6) is 0 Å². The van der Waals surface area contributed by atoms with E-state index >= 15 is 0 Å². The summed E-state index contributed by atoms with van der Waals surface area (Å²) in [7, 11) is 0. The topological polar surface area (TPSA) is 64.2 Å². The molecule has 0 unspecified atom stereocenters. The lowest BCUT2D eigenvalue weighted by Gasteiger charge is -2.26. The molecule has 0 fully saturated rings. The van der Waals surface area contributed by atoms with Crippen LogP contribution in [0.1, 0.15) is 30.5 Å². The number of hydrogen-bond acceptors (Lipinski definition) is 4. The highest BCUT2D eigenvalue weighted by Crippen LogP contribution is 2.31. The first-order chi connectivity index (χ1) is 13.2. The summed E-state index contributed by atoms with van der Waals surface area (Å²) in [6, 6.07) is 6.49. The van der Waals surface area contributed by atoms with Crippen LogP contribution in [-0.2, 0) is 30.7 Å². The summed E-state index contributed by atoms with van der Waals surface area (Å²) in [4.78, 5) is 18.8. The number of benzene rings is 1. The van der Waals surface area contributed by atoms with Crippen molar-refractivity contribution in [1.29, 1.82) is 0 Å². The molecule has 1 aliphatic rings. The number of rotatable bonds is 5. The van der Waals surface area contributed by atoms with Crippen molar-refractivity contribution < 1.29 is 13.7 Å². The number of aryl methyl sites for hydroxylation is 2. The van der Waals surface area contributed by atoms with E-state index in [2.05, 4.69) is 10.1 Å². The Labute approximate surface area is 156 Å². The van der Waals surface area contributed by atoms with Gasteiger partial charge in [-0.05, 0) is 12.1 Å². The van der Waals surface area contributed by atoms with Crippen molar-refractivity contribution in [3.63, 3.8) is 0 Å². The van der Waals surface area contributed by atoms with E-state index in [1.165, 1.54) is 6.07 Å². The van der Waals surface area contributed by atoms with Gasteiger partial charge in [-0.15, -0.1) is 0 Å². The molecule has 0 spiro atoms. The minimum absolute atomic E-state index is 0.0667. The van der Waals surface area contributed by atoms with Gasteiger partial charge in [0.15, 0.2) is 0 Å². The first-order valence-corrected chi connectivity index (χ1v) is 9.17. The van der Waals surface area contributed by atoms with Crippen molar-refractivity contribution in [1.82, 2.24) is 19.6 Å². The Bertz CT molecular complexity index is 963. The van der Waals surface area contributed by atoms with Gasteiger partial charge < -0.3 is 14.0 Å². The minimum Gasteiger partial charge on any atom is -0.360 e. The van der Waals surface area contributed by atoms with E-state index in [-0.39, 0.29) is 11.7 Å². The third-order valence-electron chi connectivity index (χ3n) is 4.99. The Morgan fingerprint density at radius 3 is 3.00 bits per heavy atom. The molecule has 0 bridgehead atoms. The molecular weight excluding hydrogens is 347 g/mol. The predicted octanol–water partition coefficient (Wildman–Crippen LogP) is 3.21. The van der Waals surface area contributed by atoms with Crippen molar-refractivity contribution in [2.45, 2.75) is 39.3 Å². The molecule has 0 saturated carbocycles. The first-order valence-electron chi connectivity index (χ1n) is 9.17. The normalized spacial score (nSPS) is 13.6. The largest absolute Gasteiger partial charge is 0.360 e. The van der Waals surface area contributed by atoms with Crippen LogP contribution in [0.4, 0.5) is 4.39 Å². The molecule has 0 N–H and O–H groups in total. The van der Waals surface area contributed by atoms with Crippen LogP contribution in [-0.4, -0.2) is 32.1 Å². The van der Waals surface area contributed by atoms with Gasteiger partial charge in [-0.25, -0.2) is 9.37 Å². The van der Waals surface area contributed by atoms with Gasteiger partial charge in [-0.1, -0.05) is 24.2 Å². The monoisotopic (exact) mass is 368 g/mol. The Morgan fingerprint density at radius 1 is 1.33 bits per heavy atom. The second-order valence-electron chi connectivity index (χ2n) is 6.62. The van der Waals surface area contributed by atoms with Gasteiger partial charge in [-0.3, -0.25) is 4.79 Å². The molecule has 3 aromatic rings. The standard InChI is InChI=1S/C20H21FN4O2/c1-2-18-22-9-12-24(18)11-8-19(26)25-10-7-17-15(13-25)20(23-27-17)14-5-3-4-6-16(14)21/h3-6,9,12H,2,7-8,10-11,13H2,1H3. The van der Waals surface area contributed by atoms with Crippen LogP contribution in [0, 0.1) is 5.82 Å². The molecule has 7 heteroatoms. The van der Waals surface area contributed by atoms with Crippen molar-refractivity contribution >= 4 is 5.91 Å². The van der Waals surface area contributed by atoms with Crippen molar-refractivity contribution in [2.75, 3.05) is 6.54 Å². The van der Waals surface area contributed by atoms with E-state index in [1.54, 1.807) is 29.3 Å². The highest BCUT2D eigenvalue weighted by Gasteiger charge is 2.28. The molecule has 0 saturated heterocycles. The zero-order valence-corrected chi connectivity index (χ0v) is 15.2. The number of carbonyl (C=O) groups is 1. The van der Waals surface area contributed by atoms with Crippen molar-refractivity contribution in [2.24, 2.45) is 0 Å². The number of fused-ring (bicyclic) bond motifs is 1. The van der Waals surface area contributed by atoms with Crippen LogP contribution in [0.2, 0.25) is 0 Å². The molecule has 1 aliphatic heterocycles.